The highest BCUT2D eigenvalue weighted by atomic mass is 16.6. The lowest BCUT2D eigenvalue weighted by atomic mass is 9.71. The van der Waals surface area contributed by atoms with E-state index in [2.05, 4.69) is 38.1 Å². The summed E-state index contributed by atoms with van der Waals surface area (Å²) in [5.74, 6) is -0.224. The van der Waals surface area contributed by atoms with Crippen LogP contribution in [0.15, 0.2) is 72.8 Å². The molecule has 3 nitrogen and oxygen atoms in total. The molecular formula is C24H27BO3. The van der Waals surface area contributed by atoms with Crippen LogP contribution in [0.4, 0.5) is 0 Å². The molecule has 1 atom stereocenters. The summed E-state index contributed by atoms with van der Waals surface area (Å²) in [6.45, 7) is 8.12. The molecule has 0 heterocycles. The Hall–Kier alpha value is -2.40. The second-order valence-corrected chi connectivity index (χ2v) is 7.51. The van der Waals surface area contributed by atoms with Crippen molar-refractivity contribution in [3.63, 3.8) is 0 Å². The van der Waals surface area contributed by atoms with E-state index in [0.29, 0.717) is 0 Å². The molecule has 0 saturated carbocycles. The minimum Gasteiger partial charge on any atom is -0.402 e. The van der Waals surface area contributed by atoms with Crippen LogP contribution in [0.5, 0.6) is 0 Å². The Balaban J connectivity index is 2.34. The van der Waals surface area contributed by atoms with Gasteiger partial charge in [-0.3, -0.25) is 0 Å². The number of aryl methyl sites for hydroxylation is 3. The fourth-order valence-electron chi connectivity index (χ4n) is 4.22. The fourth-order valence-corrected chi connectivity index (χ4v) is 4.22. The van der Waals surface area contributed by atoms with E-state index >= 15 is 0 Å². The first-order chi connectivity index (χ1) is 13.3. The first-order valence-corrected chi connectivity index (χ1v) is 9.55. The third-order valence-electron chi connectivity index (χ3n) is 5.58. The van der Waals surface area contributed by atoms with E-state index in [1.807, 2.05) is 62.4 Å². The number of hydrogen-bond acceptors (Lipinski definition) is 3. The molecule has 1 unspecified atom stereocenters. The average Bonchev–Trinajstić information content (AvgIpc) is 2.64. The maximum atomic E-state index is 9.85. The molecule has 28 heavy (non-hydrogen) atoms. The van der Waals surface area contributed by atoms with Crippen LogP contribution in [-0.4, -0.2) is 17.4 Å². The average molecular weight is 374 g/mol. The second-order valence-electron chi connectivity index (χ2n) is 7.51. The minimum absolute atomic E-state index is 0.224. The Morgan fingerprint density at radius 2 is 1.14 bits per heavy atom. The summed E-state index contributed by atoms with van der Waals surface area (Å²) in [7, 11) is -1.89. The van der Waals surface area contributed by atoms with Crippen molar-refractivity contribution in [1.29, 1.82) is 0 Å². The van der Waals surface area contributed by atoms with Gasteiger partial charge in [-0.05, 0) is 61.1 Å². The molecular weight excluding hydrogens is 347 g/mol. The van der Waals surface area contributed by atoms with E-state index in [9.17, 15) is 10.0 Å². The van der Waals surface area contributed by atoms with Crippen molar-refractivity contribution in [1.82, 2.24) is 0 Å². The molecule has 0 saturated heterocycles. The molecule has 0 bridgehead atoms. The summed E-state index contributed by atoms with van der Waals surface area (Å²) in [5, 5.41) is 19.7. The molecule has 3 rings (SSSR count). The van der Waals surface area contributed by atoms with Crippen LogP contribution < -0.4 is 0 Å². The normalized spacial score (nSPS) is 13.4. The summed E-state index contributed by atoms with van der Waals surface area (Å²) < 4.78 is 5.90. The third kappa shape index (κ3) is 3.90. The Kier molecular flexibility index (Phi) is 6.04. The largest absolute Gasteiger partial charge is 0.634 e. The summed E-state index contributed by atoms with van der Waals surface area (Å²) in [6, 6.07) is 24.4. The number of rotatable bonds is 6. The molecule has 0 aliphatic heterocycles. The van der Waals surface area contributed by atoms with Crippen LogP contribution in [0, 0.1) is 20.8 Å². The summed E-state index contributed by atoms with van der Waals surface area (Å²) in [6.07, 6.45) is 0. The van der Waals surface area contributed by atoms with Crippen molar-refractivity contribution < 1.29 is 14.7 Å². The van der Waals surface area contributed by atoms with Gasteiger partial charge in [0.2, 0.25) is 0 Å². The molecule has 3 aromatic carbocycles. The van der Waals surface area contributed by atoms with Crippen LogP contribution in [0.3, 0.4) is 0 Å². The van der Waals surface area contributed by atoms with Gasteiger partial charge >= 0.3 is 7.32 Å². The van der Waals surface area contributed by atoms with Crippen molar-refractivity contribution in [3.8, 4) is 0 Å². The zero-order valence-corrected chi connectivity index (χ0v) is 16.9. The highest BCUT2D eigenvalue weighted by molar-refractivity contribution is 6.32. The Morgan fingerprint density at radius 3 is 1.57 bits per heavy atom. The predicted molar refractivity (Wildman–Crippen MR) is 114 cm³/mol. The van der Waals surface area contributed by atoms with Crippen molar-refractivity contribution in [3.05, 3.63) is 106 Å². The maximum Gasteiger partial charge on any atom is 0.634 e. The van der Waals surface area contributed by atoms with E-state index in [1.165, 1.54) is 0 Å². The van der Waals surface area contributed by atoms with Crippen molar-refractivity contribution in [2.24, 2.45) is 0 Å². The Labute approximate surface area is 167 Å². The highest BCUT2D eigenvalue weighted by Crippen LogP contribution is 2.47. The quantitative estimate of drug-likeness (QED) is 0.618. The molecule has 144 valence electrons. The number of hydrogen-bond donors (Lipinski definition) is 2. The number of benzene rings is 3. The molecule has 0 aliphatic carbocycles. The first kappa shape index (κ1) is 20.3. The van der Waals surface area contributed by atoms with Gasteiger partial charge in [0.15, 0.2) is 0 Å². The minimum atomic E-state index is -1.89. The van der Waals surface area contributed by atoms with Gasteiger partial charge in [-0.25, -0.2) is 0 Å². The predicted octanol–water partition coefficient (Wildman–Crippen LogP) is 4.65. The molecule has 0 aromatic heterocycles. The monoisotopic (exact) mass is 374 g/mol. The van der Waals surface area contributed by atoms with Gasteiger partial charge in [-0.15, -0.1) is 0 Å². The van der Waals surface area contributed by atoms with Gasteiger partial charge in [-0.2, -0.15) is 0 Å². The molecule has 0 spiro atoms. The Bertz CT molecular complexity index is 908. The standard InChI is InChI=1S/C24H27BO3/c1-17-11-5-8-14-20(17)23(21-15-9-6-12-18(21)2)24(4,28-25(26)27)22-16-10-7-13-19(22)3/h5-16,23,26-27H,1-4H3. The van der Waals surface area contributed by atoms with Crippen LogP contribution in [0.25, 0.3) is 0 Å². The fraction of sp³-hybridized carbons (Fsp3) is 0.250. The smallest absolute Gasteiger partial charge is 0.402 e. The SMILES string of the molecule is Cc1ccccc1C(c1ccccc1C)C(C)(OB(O)O)c1ccccc1C. The van der Waals surface area contributed by atoms with Crippen molar-refractivity contribution in [2.75, 3.05) is 0 Å². The van der Waals surface area contributed by atoms with E-state index in [-0.39, 0.29) is 5.92 Å². The van der Waals surface area contributed by atoms with Crippen LogP contribution >= 0.6 is 0 Å². The lowest BCUT2D eigenvalue weighted by Gasteiger charge is -2.41. The zero-order chi connectivity index (χ0) is 20.3. The van der Waals surface area contributed by atoms with Crippen LogP contribution in [-0.2, 0) is 10.3 Å². The Morgan fingerprint density at radius 1 is 0.714 bits per heavy atom. The lowest BCUT2D eigenvalue weighted by molar-refractivity contribution is 0.0162. The van der Waals surface area contributed by atoms with Gasteiger partial charge < -0.3 is 14.7 Å². The van der Waals surface area contributed by atoms with Gasteiger partial charge in [0.25, 0.3) is 0 Å². The molecule has 3 aromatic rings. The summed E-state index contributed by atoms with van der Waals surface area (Å²) in [4.78, 5) is 0. The zero-order valence-electron chi connectivity index (χ0n) is 16.9. The summed E-state index contributed by atoms with van der Waals surface area (Å²) >= 11 is 0. The highest BCUT2D eigenvalue weighted by Gasteiger charge is 2.43. The van der Waals surface area contributed by atoms with Gasteiger partial charge in [0.1, 0.15) is 0 Å². The molecule has 0 aliphatic rings. The van der Waals surface area contributed by atoms with Crippen LogP contribution in [0.1, 0.15) is 46.2 Å². The third-order valence-corrected chi connectivity index (χ3v) is 5.58. The van der Waals surface area contributed by atoms with Crippen LogP contribution in [0.2, 0.25) is 0 Å². The maximum absolute atomic E-state index is 9.85. The molecule has 0 amide bonds. The van der Waals surface area contributed by atoms with Gasteiger partial charge in [0.05, 0.1) is 5.60 Å². The molecule has 0 fully saturated rings. The van der Waals surface area contributed by atoms with Gasteiger partial charge in [0, 0.05) is 5.92 Å². The molecule has 2 N–H and O–H groups in total. The van der Waals surface area contributed by atoms with E-state index < -0.39 is 12.9 Å². The van der Waals surface area contributed by atoms with Crippen molar-refractivity contribution in [2.45, 2.75) is 39.2 Å². The lowest BCUT2D eigenvalue weighted by Crippen LogP contribution is -2.41. The van der Waals surface area contributed by atoms with E-state index in [0.717, 1.165) is 33.4 Å². The van der Waals surface area contributed by atoms with Gasteiger partial charge in [-0.1, -0.05) is 72.8 Å². The topological polar surface area (TPSA) is 49.7 Å². The molecule has 4 heteroatoms. The first-order valence-electron chi connectivity index (χ1n) is 9.55. The van der Waals surface area contributed by atoms with Crippen molar-refractivity contribution >= 4 is 7.32 Å². The second kappa shape index (κ2) is 8.32. The molecule has 0 radical (unpaired) electrons. The summed E-state index contributed by atoms with van der Waals surface area (Å²) in [5.41, 5.74) is 5.44. The van der Waals surface area contributed by atoms with E-state index in [1.54, 1.807) is 0 Å². The van der Waals surface area contributed by atoms with E-state index in [4.69, 9.17) is 4.65 Å².